The number of amides is 1. The highest BCUT2D eigenvalue weighted by Crippen LogP contribution is 2.49. The van der Waals surface area contributed by atoms with Gasteiger partial charge in [0.1, 0.15) is 6.42 Å². The molecule has 2 aromatic carbocycles. The molecule has 0 saturated heterocycles. The van der Waals surface area contributed by atoms with Crippen LogP contribution in [0.4, 0.5) is 32.0 Å². The number of halogens is 8. The number of nitrogens with zero attached hydrogens (tertiary/aromatic N) is 1. The summed E-state index contributed by atoms with van der Waals surface area (Å²) in [5.74, 6) is -1.33. The largest absolute Gasteiger partial charge is 0.435 e. The highest BCUT2D eigenvalue weighted by molar-refractivity contribution is 6.34. The van der Waals surface area contributed by atoms with Gasteiger partial charge in [0, 0.05) is 27.6 Å². The summed E-state index contributed by atoms with van der Waals surface area (Å²) in [6.07, 6.45) is -12.0. The van der Waals surface area contributed by atoms with Crippen molar-refractivity contribution in [2.75, 3.05) is 5.43 Å². The lowest BCUT2D eigenvalue weighted by atomic mass is 9.86. The van der Waals surface area contributed by atoms with Gasteiger partial charge in [-0.15, -0.1) is 0 Å². The van der Waals surface area contributed by atoms with E-state index in [1.165, 1.54) is 24.3 Å². The van der Waals surface area contributed by atoms with Crippen LogP contribution in [0.5, 0.6) is 0 Å². The van der Waals surface area contributed by atoms with Crippen LogP contribution in [0.3, 0.4) is 0 Å². The number of carbonyl (C=O) groups is 1. The summed E-state index contributed by atoms with van der Waals surface area (Å²) in [6, 6.07) is 7.74. The van der Waals surface area contributed by atoms with Crippen LogP contribution < -0.4 is 10.9 Å². The Kier molecular flexibility index (Phi) is 6.77. The van der Waals surface area contributed by atoms with Crippen molar-refractivity contribution in [2.24, 2.45) is 5.16 Å². The molecule has 2 aromatic rings. The van der Waals surface area contributed by atoms with Crippen LogP contribution >= 0.6 is 23.2 Å². The highest BCUT2D eigenvalue weighted by Gasteiger charge is 2.62. The lowest BCUT2D eigenvalue weighted by Crippen LogP contribution is -2.42. The number of hydrogen-bond donors (Lipinski definition) is 2. The summed E-state index contributed by atoms with van der Waals surface area (Å²) < 4.78 is 79.3. The number of hydrogen-bond acceptors (Lipinski definition) is 4. The first-order valence-corrected chi connectivity index (χ1v) is 9.97. The van der Waals surface area contributed by atoms with E-state index in [0.717, 1.165) is 12.1 Å². The molecule has 0 spiro atoms. The summed E-state index contributed by atoms with van der Waals surface area (Å²) in [5.41, 5.74) is 1.88. The van der Waals surface area contributed by atoms with E-state index in [1.54, 1.807) is 6.92 Å². The minimum absolute atomic E-state index is 0.0189. The molecule has 0 aliphatic carbocycles. The Morgan fingerprint density at radius 1 is 1.09 bits per heavy atom. The van der Waals surface area contributed by atoms with Crippen molar-refractivity contribution < 1.29 is 36.0 Å². The molecule has 3 rings (SSSR count). The fraction of sp³-hybridized carbons (Fsp3) is 0.300. The highest BCUT2D eigenvalue weighted by atomic mass is 35.5. The quantitative estimate of drug-likeness (QED) is 0.365. The number of oxime groups is 1. The van der Waals surface area contributed by atoms with Crippen molar-refractivity contribution in [3.05, 3.63) is 63.1 Å². The molecule has 0 saturated carbocycles. The summed E-state index contributed by atoms with van der Waals surface area (Å²) in [7, 11) is 0. The molecule has 1 heterocycles. The third-order valence-corrected chi connectivity index (χ3v) is 5.22. The van der Waals surface area contributed by atoms with Gasteiger partial charge in [-0.25, -0.2) is 0 Å². The Hall–Kier alpha value is -2.66. The van der Waals surface area contributed by atoms with E-state index in [4.69, 9.17) is 28.0 Å². The number of anilines is 1. The monoisotopic (exact) mass is 513 g/mol. The van der Waals surface area contributed by atoms with Gasteiger partial charge in [0.2, 0.25) is 5.91 Å². The zero-order valence-electron chi connectivity index (χ0n) is 16.7. The summed E-state index contributed by atoms with van der Waals surface area (Å²) in [5, 5.41) is 3.59. The molecule has 13 heteroatoms. The molecule has 1 aliphatic heterocycles. The molecule has 2 N–H and O–H groups in total. The van der Waals surface area contributed by atoms with E-state index in [-0.39, 0.29) is 32.6 Å². The normalized spacial score (nSPS) is 18.5. The number of carbonyl (C=O) groups excluding carboxylic acids is 1. The van der Waals surface area contributed by atoms with Crippen molar-refractivity contribution in [1.82, 2.24) is 5.43 Å². The zero-order chi connectivity index (χ0) is 24.6. The maximum Gasteiger partial charge on any atom is 0.435 e. The van der Waals surface area contributed by atoms with Gasteiger partial charge < -0.3 is 4.84 Å². The second-order valence-electron chi connectivity index (χ2n) is 7.28. The van der Waals surface area contributed by atoms with Crippen LogP contribution in [0, 0.1) is 6.92 Å². The zero-order valence-corrected chi connectivity index (χ0v) is 18.2. The first-order valence-electron chi connectivity index (χ1n) is 9.21. The lowest BCUT2D eigenvalue weighted by Gasteiger charge is -2.29. The standard InChI is InChI=1S/C20H15Cl2F6N3O2/c1-10-2-3-11(4-15(10)29-30-17(32)9-19(23,24)25)16-8-18(33-31-16,20(26,27)28)12-5-13(21)7-14(22)6-12/h2-7,29H,8-9H2,1H3,(H,30,32). The van der Waals surface area contributed by atoms with E-state index in [2.05, 4.69) is 10.6 Å². The molecular weight excluding hydrogens is 499 g/mol. The fourth-order valence-electron chi connectivity index (χ4n) is 3.15. The van der Waals surface area contributed by atoms with Crippen LogP contribution in [0.1, 0.15) is 29.5 Å². The second kappa shape index (κ2) is 8.94. The third-order valence-electron chi connectivity index (χ3n) is 4.78. The summed E-state index contributed by atoms with van der Waals surface area (Å²) in [6.45, 7) is 1.59. The molecule has 1 amide bonds. The first-order chi connectivity index (χ1) is 15.2. The van der Waals surface area contributed by atoms with E-state index in [1.807, 2.05) is 5.43 Å². The number of hydrazine groups is 1. The average molecular weight is 514 g/mol. The summed E-state index contributed by atoms with van der Waals surface area (Å²) >= 11 is 11.7. The van der Waals surface area contributed by atoms with Gasteiger partial charge in [-0.05, 0) is 36.8 Å². The van der Waals surface area contributed by atoms with Crippen LogP contribution in [0.2, 0.25) is 10.0 Å². The minimum Gasteiger partial charge on any atom is -0.374 e. The Labute approximate surface area is 193 Å². The van der Waals surface area contributed by atoms with Crippen molar-refractivity contribution in [2.45, 2.75) is 37.7 Å². The Morgan fingerprint density at radius 3 is 2.30 bits per heavy atom. The van der Waals surface area contributed by atoms with Crippen molar-refractivity contribution in [1.29, 1.82) is 0 Å². The van der Waals surface area contributed by atoms with Gasteiger partial charge in [0.25, 0.3) is 5.60 Å². The Bertz CT molecular complexity index is 1080. The maximum absolute atomic E-state index is 14.1. The first kappa shape index (κ1) is 25.0. The maximum atomic E-state index is 14.1. The lowest BCUT2D eigenvalue weighted by molar-refractivity contribution is -0.275. The van der Waals surface area contributed by atoms with Crippen molar-refractivity contribution in [3.63, 3.8) is 0 Å². The smallest absolute Gasteiger partial charge is 0.374 e. The molecule has 5 nitrogen and oxygen atoms in total. The van der Waals surface area contributed by atoms with Gasteiger partial charge in [-0.2, -0.15) is 26.3 Å². The molecule has 1 unspecified atom stereocenters. The van der Waals surface area contributed by atoms with Gasteiger partial charge >= 0.3 is 12.4 Å². The molecule has 0 fully saturated rings. The van der Waals surface area contributed by atoms with Crippen LogP contribution in [0.25, 0.3) is 0 Å². The van der Waals surface area contributed by atoms with Crippen LogP contribution in [-0.2, 0) is 15.2 Å². The molecule has 1 atom stereocenters. The Morgan fingerprint density at radius 2 is 1.73 bits per heavy atom. The number of aryl methyl sites for hydroxylation is 1. The number of benzene rings is 2. The van der Waals surface area contributed by atoms with Gasteiger partial charge in [-0.1, -0.05) is 40.5 Å². The molecule has 0 aromatic heterocycles. The average Bonchev–Trinajstić information content (AvgIpc) is 3.12. The van der Waals surface area contributed by atoms with E-state index >= 15 is 0 Å². The molecule has 33 heavy (non-hydrogen) atoms. The molecular formula is C20H15Cl2F6N3O2. The molecule has 1 aliphatic rings. The van der Waals surface area contributed by atoms with Crippen molar-refractivity contribution >= 4 is 40.5 Å². The van der Waals surface area contributed by atoms with E-state index in [0.29, 0.717) is 5.56 Å². The molecule has 178 valence electrons. The van der Waals surface area contributed by atoms with E-state index in [9.17, 15) is 31.1 Å². The predicted molar refractivity (Wildman–Crippen MR) is 110 cm³/mol. The molecule has 0 bridgehead atoms. The van der Waals surface area contributed by atoms with Gasteiger partial charge in [0.15, 0.2) is 0 Å². The number of alkyl halides is 6. The Balaban J connectivity index is 1.86. The van der Waals surface area contributed by atoms with Crippen molar-refractivity contribution in [3.8, 4) is 0 Å². The third kappa shape index (κ3) is 5.64. The van der Waals surface area contributed by atoms with Gasteiger partial charge in [-0.3, -0.25) is 15.6 Å². The number of rotatable bonds is 5. The van der Waals surface area contributed by atoms with Gasteiger partial charge in [0.05, 0.1) is 11.4 Å². The minimum atomic E-state index is -4.89. The topological polar surface area (TPSA) is 62.7 Å². The van der Waals surface area contributed by atoms with Crippen LogP contribution in [-0.4, -0.2) is 24.0 Å². The SMILES string of the molecule is Cc1ccc(C2=NOC(c3cc(Cl)cc(Cl)c3)(C(F)(F)F)C2)cc1NNC(=O)CC(F)(F)F. The number of nitrogens with one attached hydrogen (secondary N) is 2. The van der Waals surface area contributed by atoms with Crippen LogP contribution in [0.15, 0.2) is 41.6 Å². The molecule has 0 radical (unpaired) electrons. The fourth-order valence-corrected chi connectivity index (χ4v) is 3.67. The predicted octanol–water partition coefficient (Wildman–Crippen LogP) is 6.28. The van der Waals surface area contributed by atoms with E-state index < -0.39 is 36.7 Å². The summed E-state index contributed by atoms with van der Waals surface area (Å²) in [4.78, 5) is 16.3. The second-order valence-corrected chi connectivity index (χ2v) is 8.16.